The van der Waals surface area contributed by atoms with E-state index in [9.17, 15) is 0 Å². The number of rotatable bonds is 5. The van der Waals surface area contributed by atoms with Gasteiger partial charge in [-0.3, -0.25) is 0 Å². The number of hydrogen-bond donors (Lipinski definition) is 1. The maximum absolute atomic E-state index is 3.86. The van der Waals surface area contributed by atoms with Gasteiger partial charge in [0.05, 0.1) is 0 Å². The molecule has 1 fully saturated rings. The molecule has 112 valence electrons. The Balaban J connectivity index is 2.30. The Labute approximate surface area is 125 Å². The number of aryl methyl sites for hydroxylation is 2. The van der Waals surface area contributed by atoms with Gasteiger partial charge in [0.25, 0.3) is 0 Å². The van der Waals surface area contributed by atoms with E-state index in [0.717, 1.165) is 6.54 Å². The molecule has 0 bridgehead atoms. The Morgan fingerprint density at radius 1 is 1.15 bits per heavy atom. The van der Waals surface area contributed by atoms with Gasteiger partial charge in [-0.2, -0.15) is 0 Å². The molecule has 1 N–H and O–H groups in total. The summed E-state index contributed by atoms with van der Waals surface area (Å²) in [7, 11) is 0. The Bertz CT molecular complexity index is 429. The van der Waals surface area contributed by atoms with Gasteiger partial charge >= 0.3 is 0 Å². The number of benzene rings is 1. The van der Waals surface area contributed by atoms with Crippen molar-refractivity contribution in [1.29, 1.82) is 0 Å². The molecule has 20 heavy (non-hydrogen) atoms. The quantitative estimate of drug-likeness (QED) is 0.766. The first kappa shape index (κ1) is 15.6. The Morgan fingerprint density at radius 2 is 1.85 bits per heavy atom. The third kappa shape index (κ3) is 3.44. The lowest BCUT2D eigenvalue weighted by Gasteiger charge is -2.42. The van der Waals surface area contributed by atoms with Crippen LogP contribution >= 0.6 is 0 Å². The van der Waals surface area contributed by atoms with Crippen LogP contribution in [0.15, 0.2) is 18.2 Å². The standard InChI is InChI=1S/C19H31N/c1-5-13-20-18(19(4)11-7-6-8-12-19)17-10-9-15(2)14-16(17)3/h9-10,14,18,20H,5-8,11-13H2,1-4H3. The highest BCUT2D eigenvalue weighted by molar-refractivity contribution is 5.34. The van der Waals surface area contributed by atoms with Crippen molar-refractivity contribution in [1.82, 2.24) is 5.32 Å². The van der Waals surface area contributed by atoms with Crippen LogP contribution in [0, 0.1) is 19.3 Å². The van der Waals surface area contributed by atoms with Crippen molar-refractivity contribution in [2.24, 2.45) is 5.41 Å². The molecule has 0 amide bonds. The van der Waals surface area contributed by atoms with E-state index >= 15 is 0 Å². The molecule has 0 heterocycles. The van der Waals surface area contributed by atoms with Gasteiger partial charge in [-0.05, 0) is 56.2 Å². The molecule has 1 aromatic rings. The lowest BCUT2D eigenvalue weighted by atomic mass is 9.68. The Hall–Kier alpha value is -0.820. The monoisotopic (exact) mass is 273 g/mol. The van der Waals surface area contributed by atoms with Crippen molar-refractivity contribution in [3.63, 3.8) is 0 Å². The van der Waals surface area contributed by atoms with Crippen molar-refractivity contribution in [3.05, 3.63) is 34.9 Å². The Kier molecular flexibility index (Phi) is 5.26. The second kappa shape index (κ2) is 6.76. The van der Waals surface area contributed by atoms with Crippen molar-refractivity contribution in [2.45, 2.75) is 72.3 Å². The van der Waals surface area contributed by atoms with Crippen molar-refractivity contribution < 1.29 is 0 Å². The zero-order valence-corrected chi connectivity index (χ0v) is 13.8. The predicted molar refractivity (Wildman–Crippen MR) is 88.1 cm³/mol. The average molecular weight is 273 g/mol. The lowest BCUT2D eigenvalue weighted by Crippen LogP contribution is -2.38. The van der Waals surface area contributed by atoms with E-state index in [1.807, 2.05) is 0 Å². The summed E-state index contributed by atoms with van der Waals surface area (Å²) in [5.41, 5.74) is 4.76. The second-order valence-electron chi connectivity index (χ2n) is 6.96. The third-order valence-corrected chi connectivity index (χ3v) is 5.03. The molecule has 0 aromatic heterocycles. The molecule has 1 aliphatic carbocycles. The highest BCUT2D eigenvalue weighted by Gasteiger charge is 2.36. The highest BCUT2D eigenvalue weighted by Crippen LogP contribution is 2.46. The zero-order chi connectivity index (χ0) is 14.6. The first-order chi connectivity index (χ1) is 9.57. The number of nitrogens with one attached hydrogen (secondary N) is 1. The third-order valence-electron chi connectivity index (χ3n) is 5.03. The van der Waals surface area contributed by atoms with Gasteiger partial charge in [0, 0.05) is 6.04 Å². The topological polar surface area (TPSA) is 12.0 Å². The summed E-state index contributed by atoms with van der Waals surface area (Å²) >= 11 is 0. The molecule has 1 aromatic carbocycles. The minimum absolute atomic E-state index is 0.424. The Morgan fingerprint density at radius 3 is 2.45 bits per heavy atom. The molecule has 2 rings (SSSR count). The summed E-state index contributed by atoms with van der Waals surface area (Å²) in [6.45, 7) is 10.3. The summed E-state index contributed by atoms with van der Waals surface area (Å²) in [5, 5.41) is 3.86. The van der Waals surface area contributed by atoms with Crippen molar-refractivity contribution in [2.75, 3.05) is 6.54 Å². The van der Waals surface area contributed by atoms with E-state index < -0.39 is 0 Å². The first-order valence-corrected chi connectivity index (χ1v) is 8.37. The van der Waals surface area contributed by atoms with E-state index in [2.05, 4.69) is 51.2 Å². The highest BCUT2D eigenvalue weighted by atomic mass is 14.9. The van der Waals surface area contributed by atoms with Gasteiger partial charge in [-0.1, -0.05) is 56.9 Å². The van der Waals surface area contributed by atoms with Crippen LogP contribution in [0.2, 0.25) is 0 Å². The SMILES string of the molecule is CCCNC(c1ccc(C)cc1C)C1(C)CCCCC1. The molecule has 1 saturated carbocycles. The van der Waals surface area contributed by atoms with Gasteiger partial charge in [-0.25, -0.2) is 0 Å². The van der Waals surface area contributed by atoms with Crippen LogP contribution in [-0.2, 0) is 0 Å². The largest absolute Gasteiger partial charge is 0.309 e. The van der Waals surface area contributed by atoms with Gasteiger partial charge < -0.3 is 5.32 Å². The summed E-state index contributed by atoms with van der Waals surface area (Å²) in [4.78, 5) is 0. The molecule has 1 heteroatoms. The van der Waals surface area contributed by atoms with Crippen molar-refractivity contribution in [3.8, 4) is 0 Å². The van der Waals surface area contributed by atoms with Crippen LogP contribution in [0.1, 0.15) is 75.1 Å². The van der Waals surface area contributed by atoms with E-state index in [0.29, 0.717) is 11.5 Å². The van der Waals surface area contributed by atoms with Crippen LogP contribution in [0.5, 0.6) is 0 Å². The van der Waals surface area contributed by atoms with E-state index in [1.165, 1.54) is 55.2 Å². The summed E-state index contributed by atoms with van der Waals surface area (Å²) in [6, 6.07) is 7.48. The van der Waals surface area contributed by atoms with Gasteiger partial charge in [-0.15, -0.1) is 0 Å². The summed E-state index contributed by atoms with van der Waals surface area (Å²) in [6.07, 6.45) is 8.14. The second-order valence-corrected chi connectivity index (χ2v) is 6.96. The van der Waals surface area contributed by atoms with Crippen LogP contribution in [0.3, 0.4) is 0 Å². The molecule has 0 spiro atoms. The average Bonchev–Trinajstić information content (AvgIpc) is 2.42. The maximum atomic E-state index is 3.86. The first-order valence-electron chi connectivity index (χ1n) is 8.37. The van der Waals surface area contributed by atoms with E-state index in [1.54, 1.807) is 0 Å². The molecular formula is C19H31N. The molecular weight excluding hydrogens is 242 g/mol. The predicted octanol–water partition coefficient (Wildman–Crippen LogP) is 5.31. The molecule has 0 saturated heterocycles. The lowest BCUT2D eigenvalue weighted by molar-refractivity contribution is 0.144. The minimum Gasteiger partial charge on any atom is -0.309 e. The molecule has 1 atom stereocenters. The van der Waals surface area contributed by atoms with Crippen LogP contribution in [-0.4, -0.2) is 6.54 Å². The van der Waals surface area contributed by atoms with E-state index in [-0.39, 0.29) is 0 Å². The van der Waals surface area contributed by atoms with E-state index in [4.69, 9.17) is 0 Å². The zero-order valence-electron chi connectivity index (χ0n) is 13.8. The number of hydrogen-bond acceptors (Lipinski definition) is 1. The fourth-order valence-corrected chi connectivity index (χ4v) is 3.82. The summed E-state index contributed by atoms with van der Waals surface area (Å²) < 4.78 is 0. The maximum Gasteiger partial charge on any atom is 0.0377 e. The molecule has 1 aliphatic rings. The van der Waals surface area contributed by atoms with Gasteiger partial charge in [0.1, 0.15) is 0 Å². The van der Waals surface area contributed by atoms with Crippen LogP contribution in [0.25, 0.3) is 0 Å². The molecule has 0 radical (unpaired) electrons. The fourth-order valence-electron chi connectivity index (χ4n) is 3.82. The normalized spacial score (nSPS) is 19.8. The summed E-state index contributed by atoms with van der Waals surface area (Å²) in [5.74, 6) is 0. The van der Waals surface area contributed by atoms with Gasteiger partial charge in [0.15, 0.2) is 0 Å². The van der Waals surface area contributed by atoms with Crippen molar-refractivity contribution >= 4 is 0 Å². The smallest absolute Gasteiger partial charge is 0.0377 e. The van der Waals surface area contributed by atoms with Gasteiger partial charge in [0.2, 0.25) is 0 Å². The molecule has 1 nitrogen and oxygen atoms in total. The fraction of sp³-hybridized carbons (Fsp3) is 0.684. The van der Waals surface area contributed by atoms with Crippen LogP contribution in [0.4, 0.5) is 0 Å². The van der Waals surface area contributed by atoms with Crippen LogP contribution < -0.4 is 5.32 Å². The minimum atomic E-state index is 0.424. The molecule has 0 aliphatic heterocycles. The molecule has 1 unspecified atom stereocenters.